The molecule has 0 spiro atoms. The van der Waals surface area contributed by atoms with E-state index in [1.807, 2.05) is 0 Å². The van der Waals surface area contributed by atoms with E-state index in [-0.39, 0.29) is 0 Å². The molecule has 2 aromatic carbocycles. The van der Waals surface area contributed by atoms with E-state index in [1.54, 1.807) is 27.9 Å². The fraction of sp³-hybridized carbons (Fsp3) is 0.269. The van der Waals surface area contributed by atoms with Crippen LogP contribution in [0.4, 0.5) is 0 Å². The van der Waals surface area contributed by atoms with Crippen LogP contribution in [-0.4, -0.2) is 0 Å². The highest BCUT2D eigenvalue weighted by Crippen LogP contribution is 2.46. The zero-order valence-electron chi connectivity index (χ0n) is 30.3. The van der Waals surface area contributed by atoms with Gasteiger partial charge >= 0.3 is 0 Å². The first-order valence-corrected chi connectivity index (χ1v) is 20.0. The Kier molecular flexibility index (Phi) is 8.28. The monoisotopic (exact) mass is 672 g/mol. The van der Waals surface area contributed by atoms with Gasteiger partial charge in [0.2, 0.25) is 0 Å². The summed E-state index contributed by atoms with van der Waals surface area (Å²) in [5.74, 6) is 1.50. The number of benzene rings is 2. The molecule has 10 rings (SSSR count). The Labute approximate surface area is 309 Å². The predicted molar refractivity (Wildman–Crippen MR) is 219 cm³/mol. The smallest absolute Gasteiger partial charge is 0.0128 e. The lowest BCUT2D eigenvalue weighted by Crippen LogP contribution is -2.35. The summed E-state index contributed by atoms with van der Waals surface area (Å²) < 4.78 is 0. The van der Waals surface area contributed by atoms with Crippen LogP contribution in [0, 0.1) is 17.8 Å². The fourth-order valence-electron chi connectivity index (χ4n) is 10.5. The summed E-state index contributed by atoms with van der Waals surface area (Å²) in [6, 6.07) is 18.3. The van der Waals surface area contributed by atoms with Gasteiger partial charge in [-0.05, 0) is 159 Å². The summed E-state index contributed by atoms with van der Waals surface area (Å²) >= 11 is 0. The van der Waals surface area contributed by atoms with Crippen LogP contribution in [-0.2, 0) is 0 Å². The average molecular weight is 673 g/mol. The molecule has 0 N–H and O–H groups in total. The third-order valence-corrected chi connectivity index (χ3v) is 13.2. The second kappa shape index (κ2) is 13.6. The van der Waals surface area contributed by atoms with Crippen LogP contribution in [0.25, 0.3) is 22.8 Å². The van der Waals surface area contributed by atoms with Crippen molar-refractivity contribution in [2.45, 2.75) is 70.6 Å². The molecular formula is C52H48. The first-order chi connectivity index (χ1) is 25.8. The van der Waals surface area contributed by atoms with E-state index in [0.717, 1.165) is 51.4 Å². The van der Waals surface area contributed by atoms with Gasteiger partial charge in [0, 0.05) is 11.8 Å². The van der Waals surface area contributed by atoms with Crippen molar-refractivity contribution in [3.05, 3.63) is 199 Å². The second-order valence-corrected chi connectivity index (χ2v) is 15.9. The van der Waals surface area contributed by atoms with Crippen LogP contribution < -0.4 is 20.9 Å². The Morgan fingerprint density at radius 2 is 1.08 bits per heavy atom. The second-order valence-electron chi connectivity index (χ2n) is 15.9. The molecule has 0 saturated carbocycles. The quantitative estimate of drug-likeness (QED) is 0.297. The molecule has 0 fully saturated rings. The van der Waals surface area contributed by atoms with Gasteiger partial charge in [-0.25, -0.2) is 0 Å². The predicted octanol–water partition coefficient (Wildman–Crippen LogP) is 9.95. The molecule has 0 saturated heterocycles. The molecule has 3 unspecified atom stereocenters. The SMILES string of the molecule is C1=CC2C(C3=CC=C(C4=CC=C5C=CCCC5C4)CC3)=CC=C(C3=c4ccccc4=C(C4=CC=C(C5=c6ccccc6=CCC5)CC4)CC3)C2C=C1. The molecule has 0 nitrogen and oxygen atoms in total. The number of allylic oxidation sites excluding steroid dienone is 22. The molecule has 0 bridgehead atoms. The summed E-state index contributed by atoms with van der Waals surface area (Å²) in [6.07, 6.45) is 49.0. The van der Waals surface area contributed by atoms with E-state index in [9.17, 15) is 0 Å². The minimum atomic E-state index is 0.386. The van der Waals surface area contributed by atoms with Gasteiger partial charge in [-0.3, -0.25) is 0 Å². The van der Waals surface area contributed by atoms with Gasteiger partial charge in [-0.2, -0.15) is 0 Å². The molecule has 0 radical (unpaired) electrons. The van der Waals surface area contributed by atoms with E-state index in [2.05, 4.69) is 140 Å². The lowest BCUT2D eigenvalue weighted by Gasteiger charge is -2.36. The summed E-state index contributed by atoms with van der Waals surface area (Å²) in [5, 5.41) is 5.76. The van der Waals surface area contributed by atoms with Crippen molar-refractivity contribution in [1.82, 2.24) is 0 Å². The van der Waals surface area contributed by atoms with E-state index in [4.69, 9.17) is 0 Å². The normalized spacial score (nSPS) is 26.2. The van der Waals surface area contributed by atoms with Gasteiger partial charge in [0.05, 0.1) is 0 Å². The molecule has 8 aliphatic carbocycles. The molecule has 0 aromatic heterocycles. The van der Waals surface area contributed by atoms with Crippen molar-refractivity contribution in [2.24, 2.45) is 17.8 Å². The standard InChI is InChI=1S/C52H48/c1-2-12-41-34-42(29-22-35(41)10-1)36-20-23-39(24-21-36)45-30-32-51(49-17-7-5-15-47(45)49)52-33-31-46(48-16-6-8-18-50(48)52)40-27-25-38(26-28-40)44-19-9-13-37-11-3-4-14-43(37)44/h1,3-8,10-11,13-18,20,22-23,25,27,29-30,32,41,47,49H,2,9,12,19,21,24,26,28,31,33-34H2. The molecule has 0 aliphatic heterocycles. The average Bonchev–Trinajstić information content (AvgIpc) is 3.23. The summed E-state index contributed by atoms with van der Waals surface area (Å²) in [5.41, 5.74) is 17.0. The van der Waals surface area contributed by atoms with Crippen molar-refractivity contribution >= 4 is 22.8 Å². The number of hydrogen-bond acceptors (Lipinski definition) is 0. The summed E-state index contributed by atoms with van der Waals surface area (Å²) in [4.78, 5) is 0. The van der Waals surface area contributed by atoms with Crippen molar-refractivity contribution in [2.75, 3.05) is 0 Å². The summed E-state index contributed by atoms with van der Waals surface area (Å²) in [7, 11) is 0. The molecule has 0 heterocycles. The van der Waals surface area contributed by atoms with Gasteiger partial charge < -0.3 is 0 Å². The molecule has 256 valence electrons. The van der Waals surface area contributed by atoms with Gasteiger partial charge in [0.1, 0.15) is 0 Å². The maximum absolute atomic E-state index is 2.50. The molecule has 52 heavy (non-hydrogen) atoms. The Morgan fingerprint density at radius 1 is 0.462 bits per heavy atom. The van der Waals surface area contributed by atoms with Crippen LogP contribution in [0.15, 0.2) is 178 Å². The fourth-order valence-corrected chi connectivity index (χ4v) is 10.5. The minimum Gasteiger partial charge on any atom is -0.0842 e. The molecule has 0 amide bonds. The number of fused-ring (bicyclic) bond motifs is 4. The van der Waals surface area contributed by atoms with Crippen LogP contribution >= 0.6 is 0 Å². The van der Waals surface area contributed by atoms with Gasteiger partial charge in [-0.1, -0.05) is 140 Å². The highest BCUT2D eigenvalue weighted by Gasteiger charge is 2.33. The highest BCUT2D eigenvalue weighted by atomic mass is 14.4. The third kappa shape index (κ3) is 5.68. The maximum Gasteiger partial charge on any atom is 0.0128 e. The van der Waals surface area contributed by atoms with Gasteiger partial charge in [0.15, 0.2) is 0 Å². The highest BCUT2D eigenvalue weighted by molar-refractivity contribution is 5.78. The Morgan fingerprint density at radius 3 is 1.87 bits per heavy atom. The first kappa shape index (κ1) is 31.8. The van der Waals surface area contributed by atoms with Crippen LogP contribution in [0.2, 0.25) is 0 Å². The zero-order valence-corrected chi connectivity index (χ0v) is 30.3. The molecule has 0 heteroatoms. The van der Waals surface area contributed by atoms with Crippen LogP contribution in [0.3, 0.4) is 0 Å². The van der Waals surface area contributed by atoms with Crippen LogP contribution in [0.1, 0.15) is 70.6 Å². The first-order valence-electron chi connectivity index (χ1n) is 20.0. The Balaban J connectivity index is 0.990. The molecule has 2 aromatic rings. The van der Waals surface area contributed by atoms with Crippen molar-refractivity contribution in [3.63, 3.8) is 0 Å². The number of rotatable bonds is 5. The molecule has 8 aliphatic rings. The van der Waals surface area contributed by atoms with E-state index in [1.165, 1.54) is 73.6 Å². The molecule has 3 atom stereocenters. The van der Waals surface area contributed by atoms with E-state index in [0.29, 0.717) is 17.8 Å². The third-order valence-electron chi connectivity index (χ3n) is 13.2. The molecular weight excluding hydrogens is 625 g/mol. The lowest BCUT2D eigenvalue weighted by molar-refractivity contribution is 0.551. The van der Waals surface area contributed by atoms with E-state index < -0.39 is 0 Å². The lowest BCUT2D eigenvalue weighted by atomic mass is 9.68. The van der Waals surface area contributed by atoms with Crippen molar-refractivity contribution in [1.29, 1.82) is 0 Å². The van der Waals surface area contributed by atoms with Crippen molar-refractivity contribution in [3.8, 4) is 0 Å². The number of hydrogen-bond donors (Lipinski definition) is 0. The minimum absolute atomic E-state index is 0.386. The topological polar surface area (TPSA) is 0 Å². The maximum atomic E-state index is 2.50. The van der Waals surface area contributed by atoms with Crippen molar-refractivity contribution < 1.29 is 0 Å². The zero-order chi connectivity index (χ0) is 34.4. The Hall–Kier alpha value is -4.94. The van der Waals surface area contributed by atoms with Crippen LogP contribution in [0.5, 0.6) is 0 Å². The van der Waals surface area contributed by atoms with Gasteiger partial charge in [0.25, 0.3) is 0 Å². The Bertz CT molecular complexity index is 2480. The van der Waals surface area contributed by atoms with E-state index >= 15 is 0 Å². The largest absolute Gasteiger partial charge is 0.0842 e. The van der Waals surface area contributed by atoms with Gasteiger partial charge in [-0.15, -0.1) is 0 Å². The summed E-state index contributed by atoms with van der Waals surface area (Å²) in [6.45, 7) is 0.